The molecule has 0 spiro atoms. The zero-order valence-corrected chi connectivity index (χ0v) is 17.9. The van der Waals surface area contributed by atoms with Crippen LogP contribution in [0.3, 0.4) is 0 Å². The molecule has 6 nitrogen and oxygen atoms in total. The Labute approximate surface area is 177 Å². The molecule has 2 unspecified atom stereocenters. The number of halogens is 1. The highest BCUT2D eigenvalue weighted by molar-refractivity contribution is 5.88. The number of hydrogen-bond donors (Lipinski definition) is 1. The third-order valence-electron chi connectivity index (χ3n) is 4.83. The van der Waals surface area contributed by atoms with E-state index < -0.39 is 6.04 Å². The van der Waals surface area contributed by atoms with Crippen molar-refractivity contribution in [2.75, 3.05) is 13.7 Å². The van der Waals surface area contributed by atoms with Gasteiger partial charge < -0.3 is 19.7 Å². The molecule has 2 aromatic carbocycles. The highest BCUT2D eigenvalue weighted by Gasteiger charge is 2.27. The van der Waals surface area contributed by atoms with Crippen LogP contribution >= 0.6 is 0 Å². The molecule has 2 amide bonds. The molecule has 0 aromatic heterocycles. The Hall–Kier alpha value is -3.09. The average Bonchev–Trinajstić information content (AvgIpc) is 2.76. The van der Waals surface area contributed by atoms with Gasteiger partial charge in [-0.1, -0.05) is 19.1 Å². The van der Waals surface area contributed by atoms with Gasteiger partial charge in [0, 0.05) is 12.6 Å². The average molecular weight is 416 g/mol. The summed E-state index contributed by atoms with van der Waals surface area (Å²) in [6.07, 6.45) is 0.788. The minimum absolute atomic E-state index is 0.00388. The Morgan fingerprint density at radius 1 is 1.10 bits per heavy atom. The first-order chi connectivity index (χ1) is 14.3. The highest BCUT2D eigenvalue weighted by Crippen LogP contribution is 2.17. The van der Waals surface area contributed by atoms with E-state index in [2.05, 4.69) is 5.32 Å². The van der Waals surface area contributed by atoms with Crippen molar-refractivity contribution in [3.63, 3.8) is 0 Å². The SMILES string of the molecule is CCC(C)NC(=O)C(C)N(Cc1cccc(OC)c1)C(=O)COc1ccc(F)cc1. The van der Waals surface area contributed by atoms with Crippen molar-refractivity contribution in [1.82, 2.24) is 10.2 Å². The fourth-order valence-corrected chi connectivity index (χ4v) is 2.77. The summed E-state index contributed by atoms with van der Waals surface area (Å²) in [6.45, 7) is 5.53. The minimum atomic E-state index is -0.700. The Bertz CT molecular complexity index is 841. The largest absolute Gasteiger partial charge is 0.497 e. The van der Waals surface area contributed by atoms with Crippen molar-refractivity contribution in [2.45, 2.75) is 45.8 Å². The molecule has 2 rings (SSSR count). The molecule has 0 bridgehead atoms. The van der Waals surface area contributed by atoms with Gasteiger partial charge in [0.15, 0.2) is 6.61 Å². The molecular weight excluding hydrogens is 387 g/mol. The molecule has 0 saturated heterocycles. The van der Waals surface area contributed by atoms with E-state index in [0.717, 1.165) is 12.0 Å². The van der Waals surface area contributed by atoms with Crippen molar-refractivity contribution in [3.8, 4) is 11.5 Å². The van der Waals surface area contributed by atoms with Gasteiger partial charge in [-0.25, -0.2) is 4.39 Å². The normalized spacial score (nSPS) is 12.6. The maximum Gasteiger partial charge on any atom is 0.261 e. The Morgan fingerprint density at radius 2 is 1.80 bits per heavy atom. The lowest BCUT2D eigenvalue weighted by molar-refractivity contribution is -0.142. The summed E-state index contributed by atoms with van der Waals surface area (Å²) in [7, 11) is 1.57. The fourth-order valence-electron chi connectivity index (χ4n) is 2.77. The van der Waals surface area contributed by atoms with Crippen LogP contribution in [0.5, 0.6) is 11.5 Å². The van der Waals surface area contributed by atoms with Crippen molar-refractivity contribution in [2.24, 2.45) is 0 Å². The van der Waals surface area contributed by atoms with Crippen LogP contribution in [0.1, 0.15) is 32.8 Å². The molecule has 7 heteroatoms. The summed E-state index contributed by atoms with van der Waals surface area (Å²) in [5.41, 5.74) is 0.827. The lowest BCUT2D eigenvalue weighted by Crippen LogP contribution is -2.50. The number of amides is 2. The molecule has 0 aliphatic heterocycles. The fraction of sp³-hybridized carbons (Fsp3) is 0.391. The third kappa shape index (κ3) is 6.76. The zero-order chi connectivity index (χ0) is 22.1. The zero-order valence-electron chi connectivity index (χ0n) is 17.9. The number of nitrogens with zero attached hydrogens (tertiary/aromatic N) is 1. The monoisotopic (exact) mass is 416 g/mol. The van der Waals surface area contributed by atoms with Gasteiger partial charge in [-0.3, -0.25) is 9.59 Å². The van der Waals surface area contributed by atoms with E-state index in [1.807, 2.05) is 38.1 Å². The molecular formula is C23H29FN2O4. The molecule has 1 N–H and O–H groups in total. The maximum absolute atomic E-state index is 13.1. The summed E-state index contributed by atoms with van der Waals surface area (Å²) in [5, 5.41) is 2.91. The Kier molecular flexibility index (Phi) is 8.65. The van der Waals surface area contributed by atoms with Gasteiger partial charge in [0.2, 0.25) is 5.91 Å². The number of benzene rings is 2. The second-order valence-electron chi connectivity index (χ2n) is 7.11. The van der Waals surface area contributed by atoms with Crippen molar-refractivity contribution in [3.05, 3.63) is 59.9 Å². The van der Waals surface area contributed by atoms with Crippen LogP contribution in [-0.4, -0.2) is 42.5 Å². The second kappa shape index (κ2) is 11.2. The number of carbonyl (C=O) groups excluding carboxylic acids is 2. The molecule has 2 atom stereocenters. The minimum Gasteiger partial charge on any atom is -0.497 e. The molecule has 0 fully saturated rings. The van der Waals surface area contributed by atoms with E-state index in [4.69, 9.17) is 9.47 Å². The van der Waals surface area contributed by atoms with Crippen LogP contribution < -0.4 is 14.8 Å². The first-order valence-electron chi connectivity index (χ1n) is 9.95. The lowest BCUT2D eigenvalue weighted by atomic mass is 10.1. The Morgan fingerprint density at radius 3 is 2.43 bits per heavy atom. The van der Waals surface area contributed by atoms with Crippen LogP contribution in [0.25, 0.3) is 0 Å². The van der Waals surface area contributed by atoms with Gasteiger partial charge in [0.05, 0.1) is 7.11 Å². The summed E-state index contributed by atoms with van der Waals surface area (Å²) < 4.78 is 23.8. The number of carbonyl (C=O) groups is 2. The van der Waals surface area contributed by atoms with Crippen LogP contribution in [0.15, 0.2) is 48.5 Å². The molecule has 0 aliphatic rings. The van der Waals surface area contributed by atoms with E-state index in [0.29, 0.717) is 11.5 Å². The topological polar surface area (TPSA) is 67.9 Å². The van der Waals surface area contributed by atoms with Gasteiger partial charge in [-0.05, 0) is 62.2 Å². The smallest absolute Gasteiger partial charge is 0.261 e. The predicted octanol–water partition coefficient (Wildman–Crippen LogP) is 3.55. The van der Waals surface area contributed by atoms with Gasteiger partial charge >= 0.3 is 0 Å². The van der Waals surface area contributed by atoms with Gasteiger partial charge in [0.25, 0.3) is 5.91 Å². The number of hydrogen-bond acceptors (Lipinski definition) is 4. The van der Waals surface area contributed by atoms with Crippen LogP contribution in [0, 0.1) is 5.82 Å². The van der Waals surface area contributed by atoms with E-state index in [1.54, 1.807) is 14.0 Å². The van der Waals surface area contributed by atoms with Crippen molar-refractivity contribution in [1.29, 1.82) is 0 Å². The molecule has 162 valence electrons. The molecule has 30 heavy (non-hydrogen) atoms. The van der Waals surface area contributed by atoms with E-state index >= 15 is 0 Å². The first kappa shape index (κ1) is 23.2. The van der Waals surface area contributed by atoms with E-state index in [9.17, 15) is 14.0 Å². The van der Waals surface area contributed by atoms with Crippen LogP contribution in [0.2, 0.25) is 0 Å². The molecule has 0 aliphatic carbocycles. The second-order valence-corrected chi connectivity index (χ2v) is 7.11. The summed E-state index contributed by atoms with van der Waals surface area (Å²) in [6, 6.07) is 12.1. The summed E-state index contributed by atoms with van der Waals surface area (Å²) in [5.74, 6) is 0.0713. The number of rotatable bonds is 10. The van der Waals surface area contributed by atoms with Crippen molar-refractivity contribution >= 4 is 11.8 Å². The molecule has 0 radical (unpaired) electrons. The summed E-state index contributed by atoms with van der Waals surface area (Å²) in [4.78, 5) is 27.1. The Balaban J connectivity index is 2.16. The van der Waals surface area contributed by atoms with E-state index in [-0.39, 0.29) is 36.8 Å². The van der Waals surface area contributed by atoms with Gasteiger partial charge in [-0.15, -0.1) is 0 Å². The van der Waals surface area contributed by atoms with Crippen LogP contribution in [0.4, 0.5) is 4.39 Å². The van der Waals surface area contributed by atoms with Gasteiger partial charge in [-0.2, -0.15) is 0 Å². The quantitative estimate of drug-likeness (QED) is 0.643. The number of nitrogens with one attached hydrogen (secondary N) is 1. The first-order valence-corrected chi connectivity index (χ1v) is 9.95. The predicted molar refractivity (Wildman–Crippen MR) is 113 cm³/mol. The van der Waals surface area contributed by atoms with E-state index in [1.165, 1.54) is 29.2 Å². The van der Waals surface area contributed by atoms with Gasteiger partial charge in [0.1, 0.15) is 23.4 Å². The highest BCUT2D eigenvalue weighted by atomic mass is 19.1. The molecule has 0 heterocycles. The maximum atomic E-state index is 13.1. The molecule has 2 aromatic rings. The third-order valence-corrected chi connectivity index (χ3v) is 4.83. The van der Waals surface area contributed by atoms with Crippen LogP contribution in [-0.2, 0) is 16.1 Å². The number of methoxy groups -OCH3 is 1. The molecule has 0 saturated carbocycles. The summed E-state index contributed by atoms with van der Waals surface area (Å²) >= 11 is 0. The van der Waals surface area contributed by atoms with Crippen molar-refractivity contribution < 1.29 is 23.5 Å². The number of ether oxygens (including phenoxy) is 2. The standard InChI is InChI=1S/C23H29FN2O4/c1-5-16(2)25-23(28)17(3)26(14-18-7-6-8-21(13-18)29-4)22(27)15-30-20-11-9-19(24)10-12-20/h6-13,16-17H,5,14-15H2,1-4H3,(H,25,28). The lowest BCUT2D eigenvalue weighted by Gasteiger charge is -2.29.